The van der Waals surface area contributed by atoms with Gasteiger partial charge in [0.15, 0.2) is 5.82 Å². The van der Waals surface area contributed by atoms with Crippen LogP contribution in [0, 0.1) is 4.77 Å². The molecule has 0 aliphatic heterocycles. The summed E-state index contributed by atoms with van der Waals surface area (Å²) in [5, 5.41) is 11.5. The summed E-state index contributed by atoms with van der Waals surface area (Å²) in [6, 6.07) is 15.3. The number of methoxy groups -OCH3 is 1. The molecule has 3 rings (SSSR count). The van der Waals surface area contributed by atoms with E-state index in [-0.39, 0.29) is 0 Å². The molecule has 6 nitrogen and oxygen atoms in total. The van der Waals surface area contributed by atoms with E-state index in [1.807, 2.05) is 48.5 Å². The van der Waals surface area contributed by atoms with Crippen molar-refractivity contribution < 1.29 is 9.47 Å². The molecule has 1 heterocycles. The van der Waals surface area contributed by atoms with Crippen molar-refractivity contribution in [2.75, 3.05) is 13.7 Å². The Morgan fingerprint density at radius 3 is 2.69 bits per heavy atom. The highest BCUT2D eigenvalue weighted by molar-refractivity contribution is 7.71. The number of H-pyrrole nitrogens is 1. The molecule has 0 spiro atoms. The first-order valence-corrected chi connectivity index (χ1v) is 8.71. The van der Waals surface area contributed by atoms with Gasteiger partial charge in [-0.15, -0.1) is 0 Å². The number of nitrogens with one attached hydrogen (secondary N) is 1. The molecular formula is C19H20N4O2S. The number of nitrogens with zero attached hydrogens (tertiary/aromatic N) is 3. The molecule has 0 amide bonds. The molecule has 0 aliphatic rings. The molecule has 134 valence electrons. The Hall–Kier alpha value is -2.93. The molecule has 1 N–H and O–H groups in total. The van der Waals surface area contributed by atoms with Crippen molar-refractivity contribution >= 4 is 18.4 Å². The SMILES string of the molecule is CCCOc1ccc(C=Nn2c(-c3ccccc3OC)n[nH]c2=S)cc1. The summed E-state index contributed by atoms with van der Waals surface area (Å²) in [4.78, 5) is 0. The highest BCUT2D eigenvalue weighted by Crippen LogP contribution is 2.28. The van der Waals surface area contributed by atoms with Crippen LogP contribution in [0.25, 0.3) is 11.4 Å². The van der Waals surface area contributed by atoms with E-state index in [1.54, 1.807) is 18.0 Å². The normalized spacial score (nSPS) is 11.0. The van der Waals surface area contributed by atoms with Crippen LogP contribution >= 0.6 is 12.2 Å². The number of benzene rings is 2. The Labute approximate surface area is 157 Å². The van der Waals surface area contributed by atoms with E-state index in [0.29, 0.717) is 23.0 Å². The highest BCUT2D eigenvalue weighted by atomic mass is 32.1. The first kappa shape index (κ1) is 17.9. The van der Waals surface area contributed by atoms with Crippen LogP contribution in [0.3, 0.4) is 0 Å². The highest BCUT2D eigenvalue weighted by Gasteiger charge is 2.12. The number of aromatic nitrogens is 3. The summed E-state index contributed by atoms with van der Waals surface area (Å²) >= 11 is 5.31. The van der Waals surface area contributed by atoms with Crippen molar-refractivity contribution in [3.63, 3.8) is 0 Å². The molecular weight excluding hydrogens is 348 g/mol. The lowest BCUT2D eigenvalue weighted by Crippen LogP contribution is -1.97. The minimum atomic E-state index is 0.407. The lowest BCUT2D eigenvalue weighted by atomic mass is 10.2. The molecule has 0 bridgehead atoms. The van der Waals surface area contributed by atoms with Crippen LogP contribution in [0.5, 0.6) is 11.5 Å². The van der Waals surface area contributed by atoms with Crippen molar-refractivity contribution in [3.8, 4) is 22.9 Å². The summed E-state index contributed by atoms with van der Waals surface area (Å²) in [7, 11) is 1.62. The summed E-state index contributed by atoms with van der Waals surface area (Å²) in [5.41, 5.74) is 1.74. The summed E-state index contributed by atoms with van der Waals surface area (Å²) < 4.78 is 13.0. The summed E-state index contributed by atoms with van der Waals surface area (Å²) in [5.74, 6) is 2.14. The number of hydrogen-bond donors (Lipinski definition) is 1. The van der Waals surface area contributed by atoms with Gasteiger partial charge in [-0.2, -0.15) is 14.9 Å². The zero-order valence-electron chi connectivity index (χ0n) is 14.7. The van der Waals surface area contributed by atoms with E-state index in [1.165, 1.54) is 0 Å². The van der Waals surface area contributed by atoms with Gasteiger partial charge in [0.2, 0.25) is 4.77 Å². The molecule has 0 atom stereocenters. The third-order valence-electron chi connectivity index (χ3n) is 3.67. The van der Waals surface area contributed by atoms with Gasteiger partial charge in [-0.1, -0.05) is 19.1 Å². The second-order valence-corrected chi connectivity index (χ2v) is 5.91. The van der Waals surface area contributed by atoms with E-state index in [4.69, 9.17) is 21.7 Å². The van der Waals surface area contributed by atoms with Gasteiger partial charge in [0.1, 0.15) is 11.5 Å². The van der Waals surface area contributed by atoms with Crippen LogP contribution in [-0.2, 0) is 0 Å². The van der Waals surface area contributed by atoms with E-state index < -0.39 is 0 Å². The van der Waals surface area contributed by atoms with Gasteiger partial charge in [0, 0.05) is 0 Å². The zero-order chi connectivity index (χ0) is 18.4. The van der Waals surface area contributed by atoms with Crippen LogP contribution < -0.4 is 9.47 Å². The van der Waals surface area contributed by atoms with Crippen LogP contribution in [0.1, 0.15) is 18.9 Å². The third kappa shape index (κ3) is 4.00. The van der Waals surface area contributed by atoms with Gasteiger partial charge in [0.05, 0.1) is 25.5 Å². The fourth-order valence-electron chi connectivity index (χ4n) is 2.40. The average molecular weight is 368 g/mol. The number of para-hydroxylation sites is 1. The number of aromatic amines is 1. The minimum absolute atomic E-state index is 0.407. The first-order valence-electron chi connectivity index (χ1n) is 8.31. The number of ether oxygens (including phenoxy) is 2. The fraction of sp³-hybridized carbons (Fsp3) is 0.211. The van der Waals surface area contributed by atoms with E-state index >= 15 is 0 Å². The molecule has 2 aromatic carbocycles. The topological polar surface area (TPSA) is 64.4 Å². The monoisotopic (exact) mass is 368 g/mol. The van der Waals surface area contributed by atoms with Crippen LogP contribution in [0.4, 0.5) is 0 Å². The Balaban J connectivity index is 1.88. The van der Waals surface area contributed by atoms with E-state index in [9.17, 15) is 0 Å². The van der Waals surface area contributed by atoms with Crippen molar-refractivity contribution in [2.24, 2.45) is 5.10 Å². The lowest BCUT2D eigenvalue weighted by molar-refractivity contribution is 0.317. The second kappa shape index (κ2) is 8.44. The molecule has 1 aromatic heterocycles. The van der Waals surface area contributed by atoms with Gasteiger partial charge < -0.3 is 9.47 Å². The minimum Gasteiger partial charge on any atom is -0.496 e. The Morgan fingerprint density at radius 2 is 1.96 bits per heavy atom. The molecule has 7 heteroatoms. The maximum atomic E-state index is 5.59. The van der Waals surface area contributed by atoms with Gasteiger partial charge in [-0.05, 0) is 60.6 Å². The predicted molar refractivity (Wildman–Crippen MR) is 105 cm³/mol. The molecule has 0 saturated carbocycles. The number of rotatable bonds is 7. The average Bonchev–Trinajstić information content (AvgIpc) is 3.05. The fourth-order valence-corrected chi connectivity index (χ4v) is 2.58. The molecule has 26 heavy (non-hydrogen) atoms. The van der Waals surface area contributed by atoms with Crippen LogP contribution in [0.2, 0.25) is 0 Å². The van der Waals surface area contributed by atoms with Crippen molar-refractivity contribution in [2.45, 2.75) is 13.3 Å². The molecule has 0 saturated heterocycles. The molecule has 0 unspecified atom stereocenters. The maximum Gasteiger partial charge on any atom is 0.216 e. The zero-order valence-corrected chi connectivity index (χ0v) is 15.5. The third-order valence-corrected chi connectivity index (χ3v) is 3.94. The molecule has 0 aliphatic carbocycles. The Kier molecular flexibility index (Phi) is 5.80. The van der Waals surface area contributed by atoms with Gasteiger partial charge >= 0.3 is 0 Å². The molecule has 3 aromatic rings. The molecule has 0 radical (unpaired) electrons. The standard InChI is InChI=1S/C19H20N4O2S/c1-3-12-25-15-10-8-14(9-11-15)13-20-23-18(21-22-19(23)26)16-6-4-5-7-17(16)24-2/h4-11,13H,3,12H2,1-2H3,(H,22,26). The van der Waals surface area contributed by atoms with E-state index in [2.05, 4.69) is 22.2 Å². The number of hydrogen-bond acceptors (Lipinski definition) is 5. The Bertz CT molecular complexity index is 945. The van der Waals surface area contributed by atoms with Gasteiger partial charge in [0.25, 0.3) is 0 Å². The van der Waals surface area contributed by atoms with E-state index in [0.717, 1.165) is 23.3 Å². The van der Waals surface area contributed by atoms with Crippen LogP contribution in [0.15, 0.2) is 53.6 Å². The Morgan fingerprint density at radius 1 is 1.19 bits per heavy atom. The summed E-state index contributed by atoms with van der Waals surface area (Å²) in [6.45, 7) is 2.79. The van der Waals surface area contributed by atoms with Gasteiger partial charge in [-0.25, -0.2) is 5.10 Å². The summed E-state index contributed by atoms with van der Waals surface area (Å²) in [6.07, 6.45) is 2.71. The lowest BCUT2D eigenvalue weighted by Gasteiger charge is -2.07. The van der Waals surface area contributed by atoms with Crippen molar-refractivity contribution in [3.05, 3.63) is 58.9 Å². The quantitative estimate of drug-likeness (QED) is 0.499. The van der Waals surface area contributed by atoms with Crippen LogP contribution in [-0.4, -0.2) is 34.8 Å². The second-order valence-electron chi connectivity index (χ2n) is 5.53. The van der Waals surface area contributed by atoms with Crippen molar-refractivity contribution in [1.29, 1.82) is 0 Å². The maximum absolute atomic E-state index is 5.59. The van der Waals surface area contributed by atoms with Crippen molar-refractivity contribution in [1.82, 2.24) is 14.9 Å². The smallest absolute Gasteiger partial charge is 0.216 e. The molecule has 0 fully saturated rings. The predicted octanol–water partition coefficient (Wildman–Crippen LogP) is 4.29. The van der Waals surface area contributed by atoms with Gasteiger partial charge in [-0.3, -0.25) is 0 Å². The largest absolute Gasteiger partial charge is 0.496 e. The first-order chi connectivity index (χ1) is 12.7.